The summed E-state index contributed by atoms with van der Waals surface area (Å²) >= 11 is 0. The first-order valence-corrected chi connectivity index (χ1v) is 9.55. The van der Waals surface area contributed by atoms with Gasteiger partial charge in [0.1, 0.15) is 0 Å². The van der Waals surface area contributed by atoms with Gasteiger partial charge in [-0.05, 0) is 36.8 Å². The predicted molar refractivity (Wildman–Crippen MR) is 98.5 cm³/mol. The molecule has 3 N–H and O–H groups in total. The van der Waals surface area contributed by atoms with Crippen LogP contribution in [0, 0.1) is 5.41 Å². The van der Waals surface area contributed by atoms with Gasteiger partial charge in [-0.1, -0.05) is 24.3 Å². The number of hydrogen-bond donors (Lipinski definition) is 2. The smallest absolute Gasteiger partial charge is 0.227 e. The monoisotopic (exact) mass is 362 g/mol. The third kappa shape index (κ3) is 5.04. The van der Waals surface area contributed by atoms with Crippen LogP contribution in [0.2, 0.25) is 0 Å². The highest BCUT2D eigenvalue weighted by molar-refractivity contribution is 5.83. The van der Waals surface area contributed by atoms with E-state index in [0.717, 1.165) is 37.2 Å². The van der Waals surface area contributed by atoms with E-state index < -0.39 is 5.41 Å². The molecule has 1 aromatic carbocycles. The van der Waals surface area contributed by atoms with Gasteiger partial charge in [0.05, 0.1) is 18.1 Å². The largest absolute Gasteiger partial charge is 0.381 e. The summed E-state index contributed by atoms with van der Waals surface area (Å²) in [5.74, 6) is 0.0344. The van der Waals surface area contributed by atoms with Gasteiger partial charge in [0, 0.05) is 39.5 Å². The van der Waals surface area contributed by atoms with Crippen molar-refractivity contribution in [2.24, 2.45) is 11.1 Å². The molecular weight excluding hydrogens is 332 g/mol. The minimum atomic E-state index is -0.484. The third-order valence-electron chi connectivity index (χ3n) is 5.42. The molecule has 2 aliphatic rings. The van der Waals surface area contributed by atoms with Crippen molar-refractivity contribution in [1.82, 2.24) is 5.32 Å². The van der Waals surface area contributed by atoms with Crippen LogP contribution >= 0.6 is 0 Å². The van der Waals surface area contributed by atoms with Gasteiger partial charge in [-0.15, -0.1) is 0 Å². The van der Waals surface area contributed by atoms with Gasteiger partial charge in [0.15, 0.2) is 0 Å². The quantitative estimate of drug-likeness (QED) is 0.772. The van der Waals surface area contributed by atoms with Gasteiger partial charge in [0.25, 0.3) is 0 Å². The van der Waals surface area contributed by atoms with Crippen LogP contribution in [-0.2, 0) is 32.2 Å². The summed E-state index contributed by atoms with van der Waals surface area (Å²) in [6, 6.07) is 8.19. The van der Waals surface area contributed by atoms with Crippen molar-refractivity contribution in [3.8, 4) is 0 Å². The number of nitrogens with two attached hydrogens (primary N) is 1. The van der Waals surface area contributed by atoms with Gasteiger partial charge in [-0.2, -0.15) is 0 Å². The fourth-order valence-electron chi connectivity index (χ4n) is 3.54. The van der Waals surface area contributed by atoms with Crippen LogP contribution in [0.5, 0.6) is 0 Å². The molecule has 6 heteroatoms. The average Bonchev–Trinajstić information content (AvgIpc) is 2.72. The molecule has 0 aromatic heterocycles. The molecular formula is C20H30N2O4. The molecule has 1 aromatic rings. The predicted octanol–water partition coefficient (Wildman–Crippen LogP) is 1.75. The number of carbonyl (C=O) groups is 1. The highest BCUT2D eigenvalue weighted by atomic mass is 16.5. The van der Waals surface area contributed by atoms with Gasteiger partial charge < -0.3 is 25.3 Å². The van der Waals surface area contributed by atoms with Crippen LogP contribution in [0.25, 0.3) is 0 Å². The van der Waals surface area contributed by atoms with Crippen LogP contribution in [0.1, 0.15) is 36.8 Å². The van der Waals surface area contributed by atoms with Crippen molar-refractivity contribution >= 4 is 5.91 Å². The van der Waals surface area contributed by atoms with Crippen molar-refractivity contribution in [3.05, 3.63) is 35.4 Å². The van der Waals surface area contributed by atoms with Crippen LogP contribution in [0.4, 0.5) is 0 Å². The van der Waals surface area contributed by atoms with Crippen molar-refractivity contribution in [2.75, 3.05) is 33.0 Å². The highest BCUT2D eigenvalue weighted by Gasteiger charge is 2.38. The van der Waals surface area contributed by atoms with Gasteiger partial charge >= 0.3 is 0 Å². The van der Waals surface area contributed by atoms with Crippen LogP contribution < -0.4 is 11.1 Å². The van der Waals surface area contributed by atoms with Crippen molar-refractivity contribution in [1.29, 1.82) is 0 Å². The highest BCUT2D eigenvalue weighted by Crippen LogP contribution is 2.29. The first-order valence-electron chi connectivity index (χ1n) is 9.55. The molecule has 1 amide bonds. The Bertz CT molecular complexity index is 581. The van der Waals surface area contributed by atoms with Gasteiger partial charge in [0.2, 0.25) is 5.91 Å². The number of hydrogen-bond acceptors (Lipinski definition) is 5. The molecule has 6 nitrogen and oxygen atoms in total. The molecule has 2 heterocycles. The van der Waals surface area contributed by atoms with Crippen LogP contribution in [0.3, 0.4) is 0 Å². The van der Waals surface area contributed by atoms with E-state index >= 15 is 0 Å². The molecule has 2 saturated heterocycles. The van der Waals surface area contributed by atoms with E-state index in [2.05, 4.69) is 17.4 Å². The average molecular weight is 362 g/mol. The molecule has 0 spiro atoms. The summed E-state index contributed by atoms with van der Waals surface area (Å²) in [5, 5.41) is 3.06. The van der Waals surface area contributed by atoms with Crippen molar-refractivity contribution in [3.63, 3.8) is 0 Å². The second kappa shape index (κ2) is 9.46. The van der Waals surface area contributed by atoms with Crippen LogP contribution in [-0.4, -0.2) is 45.0 Å². The van der Waals surface area contributed by atoms with Crippen molar-refractivity contribution < 1.29 is 19.0 Å². The van der Waals surface area contributed by atoms with E-state index in [4.69, 9.17) is 19.9 Å². The Balaban J connectivity index is 1.50. The third-order valence-corrected chi connectivity index (χ3v) is 5.42. The number of amides is 1. The fourth-order valence-corrected chi connectivity index (χ4v) is 3.54. The lowest BCUT2D eigenvalue weighted by Crippen LogP contribution is -2.48. The minimum Gasteiger partial charge on any atom is -0.381 e. The number of benzene rings is 1. The Morgan fingerprint density at radius 2 is 1.85 bits per heavy atom. The van der Waals surface area contributed by atoms with E-state index in [1.807, 2.05) is 12.1 Å². The second-order valence-corrected chi connectivity index (χ2v) is 7.22. The number of carbonyl (C=O) groups excluding carboxylic acids is 1. The van der Waals surface area contributed by atoms with Crippen molar-refractivity contribution in [2.45, 2.75) is 44.9 Å². The second-order valence-electron chi connectivity index (χ2n) is 7.22. The maximum absolute atomic E-state index is 12.7. The number of ether oxygens (including phenoxy) is 3. The maximum Gasteiger partial charge on any atom is 0.227 e. The summed E-state index contributed by atoms with van der Waals surface area (Å²) in [6.07, 6.45) is 3.58. The Hall–Kier alpha value is -1.47. The van der Waals surface area contributed by atoms with E-state index in [9.17, 15) is 4.79 Å². The number of rotatable bonds is 7. The number of nitrogens with one attached hydrogen (secondary N) is 1. The first kappa shape index (κ1) is 19.3. The van der Waals surface area contributed by atoms with E-state index in [-0.39, 0.29) is 12.0 Å². The summed E-state index contributed by atoms with van der Waals surface area (Å²) in [7, 11) is 0. The molecule has 144 valence electrons. The zero-order chi connectivity index (χ0) is 18.2. The molecule has 0 unspecified atom stereocenters. The molecule has 0 bridgehead atoms. The molecule has 2 fully saturated rings. The van der Waals surface area contributed by atoms with E-state index in [1.165, 1.54) is 0 Å². The molecule has 26 heavy (non-hydrogen) atoms. The summed E-state index contributed by atoms with van der Waals surface area (Å²) in [5.41, 5.74) is 7.62. The molecule has 2 aliphatic heterocycles. The molecule has 0 aliphatic carbocycles. The molecule has 3 rings (SSSR count). The maximum atomic E-state index is 12.7. The topological polar surface area (TPSA) is 82.8 Å². The Kier molecular flexibility index (Phi) is 7.02. The Morgan fingerprint density at radius 1 is 1.15 bits per heavy atom. The Labute approximate surface area is 155 Å². The zero-order valence-corrected chi connectivity index (χ0v) is 15.4. The fraction of sp³-hybridized carbons (Fsp3) is 0.650. The van der Waals surface area contributed by atoms with Crippen LogP contribution in [0.15, 0.2) is 24.3 Å². The summed E-state index contributed by atoms with van der Waals surface area (Å²) in [6.45, 7) is 4.23. The van der Waals surface area contributed by atoms with Gasteiger partial charge in [-0.3, -0.25) is 4.79 Å². The lowest BCUT2D eigenvalue weighted by molar-refractivity contribution is -0.136. The summed E-state index contributed by atoms with van der Waals surface area (Å²) in [4.78, 5) is 12.7. The Morgan fingerprint density at radius 3 is 2.58 bits per heavy atom. The molecule has 0 radical (unpaired) electrons. The summed E-state index contributed by atoms with van der Waals surface area (Å²) < 4.78 is 16.7. The SMILES string of the molecule is NCC1(C(=O)NCc2cccc(COC3CCOCC3)c2)CCOCC1. The van der Waals surface area contributed by atoms with Gasteiger partial charge in [-0.25, -0.2) is 0 Å². The minimum absolute atomic E-state index is 0.0344. The lowest BCUT2D eigenvalue weighted by atomic mass is 9.79. The standard InChI is InChI=1S/C20H30N2O4/c21-15-20(6-10-25-11-7-20)19(23)22-13-16-2-1-3-17(12-16)14-26-18-4-8-24-9-5-18/h1-3,12,18H,4-11,13-15,21H2,(H,22,23). The van der Waals surface area contributed by atoms with E-state index in [0.29, 0.717) is 45.8 Å². The zero-order valence-electron chi connectivity index (χ0n) is 15.4. The normalized spacial score (nSPS) is 20.7. The molecule has 0 saturated carbocycles. The first-order chi connectivity index (χ1) is 12.7. The lowest BCUT2D eigenvalue weighted by Gasteiger charge is -2.34. The van der Waals surface area contributed by atoms with E-state index in [1.54, 1.807) is 0 Å². The molecule has 0 atom stereocenters.